The number of aryl methyl sites for hydroxylation is 1. The van der Waals surface area contributed by atoms with Crippen LogP contribution in [0.25, 0.3) is 21.9 Å². The number of fused-ring (bicyclic) bond motifs is 2. The number of pyridine rings is 1. The van der Waals surface area contributed by atoms with Crippen LogP contribution >= 0.6 is 0 Å². The highest BCUT2D eigenvalue weighted by atomic mass is 16.1. The van der Waals surface area contributed by atoms with Crippen LogP contribution in [0.1, 0.15) is 38.8 Å². The van der Waals surface area contributed by atoms with Crippen LogP contribution in [0.15, 0.2) is 24.3 Å². The summed E-state index contributed by atoms with van der Waals surface area (Å²) in [5, 5.41) is 9.32. The molecule has 0 aliphatic carbocycles. The Hall–Kier alpha value is -2.43. The quantitative estimate of drug-likeness (QED) is 0.799. The number of aromatic nitrogens is 3. The van der Waals surface area contributed by atoms with Crippen LogP contribution in [0, 0.1) is 6.92 Å². The summed E-state index contributed by atoms with van der Waals surface area (Å²) in [5.41, 5.74) is 2.94. The van der Waals surface area contributed by atoms with Crippen molar-refractivity contribution < 1.29 is 4.79 Å². The van der Waals surface area contributed by atoms with Crippen LogP contribution in [0.5, 0.6) is 0 Å². The van der Waals surface area contributed by atoms with Crippen molar-refractivity contribution in [1.82, 2.24) is 14.8 Å². The number of rotatable bonds is 3. The minimum Gasteiger partial charge on any atom is -0.309 e. The SMILES string of the molecule is CC[C@@H](C)n1nc(NC(C)=O)c2cc3cc(C)ccc3nc21. The Morgan fingerprint density at radius 1 is 1.36 bits per heavy atom. The fraction of sp³-hybridized carbons (Fsp3) is 0.353. The van der Waals surface area contributed by atoms with Crippen molar-refractivity contribution in [2.45, 2.75) is 40.2 Å². The standard InChI is InChI=1S/C17H20N4O/c1-5-11(3)21-17-14(16(20-21)18-12(4)22)9-13-8-10(2)6-7-15(13)19-17/h6-9,11H,5H2,1-4H3,(H,18,20,22)/t11-/m1/s1. The van der Waals surface area contributed by atoms with Gasteiger partial charge in [0.05, 0.1) is 16.9 Å². The zero-order valence-electron chi connectivity index (χ0n) is 13.3. The Labute approximate surface area is 129 Å². The van der Waals surface area contributed by atoms with Crippen LogP contribution in [-0.4, -0.2) is 20.7 Å². The summed E-state index contributed by atoms with van der Waals surface area (Å²) in [4.78, 5) is 16.2. The smallest absolute Gasteiger partial charge is 0.222 e. The van der Waals surface area contributed by atoms with Gasteiger partial charge in [0.2, 0.25) is 5.91 Å². The van der Waals surface area contributed by atoms with Crippen molar-refractivity contribution >= 4 is 33.7 Å². The van der Waals surface area contributed by atoms with Crippen molar-refractivity contribution in [2.24, 2.45) is 0 Å². The number of carbonyl (C=O) groups excluding carboxylic acids is 1. The predicted molar refractivity (Wildman–Crippen MR) is 89.1 cm³/mol. The number of anilines is 1. The van der Waals surface area contributed by atoms with E-state index in [9.17, 15) is 4.79 Å². The van der Waals surface area contributed by atoms with Crippen molar-refractivity contribution in [3.05, 3.63) is 29.8 Å². The molecule has 2 heterocycles. The molecule has 0 spiro atoms. The molecular weight excluding hydrogens is 276 g/mol. The highest BCUT2D eigenvalue weighted by molar-refractivity contribution is 6.02. The number of benzene rings is 1. The third-order valence-corrected chi connectivity index (χ3v) is 3.93. The first-order chi connectivity index (χ1) is 10.5. The maximum Gasteiger partial charge on any atom is 0.222 e. The van der Waals surface area contributed by atoms with E-state index in [0.717, 1.165) is 28.4 Å². The normalized spacial score (nSPS) is 12.7. The number of carbonyl (C=O) groups is 1. The van der Waals surface area contributed by atoms with Crippen LogP contribution < -0.4 is 5.32 Å². The lowest BCUT2D eigenvalue weighted by atomic mass is 10.1. The lowest BCUT2D eigenvalue weighted by Crippen LogP contribution is -2.09. The van der Waals surface area contributed by atoms with Gasteiger partial charge in [-0.1, -0.05) is 18.6 Å². The first-order valence-electron chi connectivity index (χ1n) is 7.56. The molecule has 0 bridgehead atoms. The summed E-state index contributed by atoms with van der Waals surface area (Å²) >= 11 is 0. The van der Waals surface area contributed by atoms with Crippen LogP contribution in [0.4, 0.5) is 5.82 Å². The van der Waals surface area contributed by atoms with E-state index in [0.29, 0.717) is 5.82 Å². The molecule has 1 N–H and O–H groups in total. The summed E-state index contributed by atoms with van der Waals surface area (Å²) in [6.07, 6.45) is 0.948. The first kappa shape index (κ1) is 14.5. The van der Waals surface area contributed by atoms with Gasteiger partial charge in [0, 0.05) is 12.3 Å². The lowest BCUT2D eigenvalue weighted by molar-refractivity contribution is -0.114. The van der Waals surface area contributed by atoms with Gasteiger partial charge in [-0.15, -0.1) is 0 Å². The number of nitrogens with zero attached hydrogens (tertiary/aromatic N) is 3. The molecule has 0 radical (unpaired) electrons. The van der Waals surface area contributed by atoms with Gasteiger partial charge in [-0.05, 0) is 38.5 Å². The van der Waals surface area contributed by atoms with Gasteiger partial charge in [-0.25, -0.2) is 9.67 Å². The molecule has 3 aromatic rings. The average Bonchev–Trinajstić information content (AvgIpc) is 2.81. The predicted octanol–water partition coefficient (Wildman–Crippen LogP) is 3.82. The first-order valence-corrected chi connectivity index (χ1v) is 7.56. The molecule has 0 aliphatic heterocycles. The van der Waals surface area contributed by atoms with E-state index in [1.165, 1.54) is 12.5 Å². The van der Waals surface area contributed by atoms with Gasteiger partial charge in [-0.3, -0.25) is 4.79 Å². The van der Waals surface area contributed by atoms with Gasteiger partial charge < -0.3 is 5.32 Å². The van der Waals surface area contributed by atoms with E-state index in [-0.39, 0.29) is 11.9 Å². The maximum absolute atomic E-state index is 11.4. The summed E-state index contributed by atoms with van der Waals surface area (Å²) in [7, 11) is 0. The van der Waals surface area contributed by atoms with Gasteiger partial charge in [0.15, 0.2) is 11.5 Å². The molecule has 5 heteroatoms. The molecule has 0 aliphatic rings. The summed E-state index contributed by atoms with van der Waals surface area (Å²) in [5.74, 6) is 0.457. The Bertz CT molecular complexity index is 866. The molecule has 5 nitrogen and oxygen atoms in total. The summed E-state index contributed by atoms with van der Waals surface area (Å²) in [6.45, 7) is 7.76. The van der Waals surface area contributed by atoms with E-state index in [2.05, 4.69) is 49.4 Å². The molecule has 2 aromatic heterocycles. The minimum atomic E-state index is -0.125. The molecule has 0 saturated carbocycles. The van der Waals surface area contributed by atoms with E-state index < -0.39 is 0 Å². The molecule has 0 unspecified atom stereocenters. The summed E-state index contributed by atoms with van der Waals surface area (Å²) < 4.78 is 1.90. The van der Waals surface area contributed by atoms with Gasteiger partial charge in [0.25, 0.3) is 0 Å². The fourth-order valence-electron chi connectivity index (χ4n) is 2.58. The highest BCUT2D eigenvalue weighted by Gasteiger charge is 2.17. The monoisotopic (exact) mass is 296 g/mol. The van der Waals surface area contributed by atoms with Gasteiger partial charge in [-0.2, -0.15) is 5.10 Å². The van der Waals surface area contributed by atoms with Crippen LogP contribution in [-0.2, 0) is 4.79 Å². The Morgan fingerprint density at radius 2 is 2.14 bits per heavy atom. The Morgan fingerprint density at radius 3 is 2.82 bits per heavy atom. The molecule has 3 rings (SSSR count). The molecule has 1 amide bonds. The molecule has 1 atom stereocenters. The second-order valence-electron chi connectivity index (χ2n) is 5.79. The highest BCUT2D eigenvalue weighted by Crippen LogP contribution is 2.29. The van der Waals surface area contributed by atoms with Crippen LogP contribution in [0.3, 0.4) is 0 Å². The Kier molecular flexibility index (Phi) is 3.56. The average molecular weight is 296 g/mol. The number of nitrogens with one attached hydrogen (secondary N) is 1. The Balaban J connectivity index is 2.32. The number of hydrogen-bond acceptors (Lipinski definition) is 3. The molecule has 1 aromatic carbocycles. The number of amides is 1. The molecule has 0 saturated heterocycles. The molecular formula is C17H20N4O. The van der Waals surface area contributed by atoms with Crippen molar-refractivity contribution in [3.8, 4) is 0 Å². The zero-order chi connectivity index (χ0) is 15.9. The van der Waals surface area contributed by atoms with Crippen molar-refractivity contribution in [1.29, 1.82) is 0 Å². The topological polar surface area (TPSA) is 59.8 Å². The summed E-state index contributed by atoms with van der Waals surface area (Å²) in [6, 6.07) is 8.46. The van der Waals surface area contributed by atoms with Gasteiger partial charge >= 0.3 is 0 Å². The fourth-order valence-corrected chi connectivity index (χ4v) is 2.58. The zero-order valence-corrected chi connectivity index (χ0v) is 13.3. The van der Waals surface area contributed by atoms with E-state index in [1.54, 1.807) is 0 Å². The molecule has 22 heavy (non-hydrogen) atoms. The largest absolute Gasteiger partial charge is 0.309 e. The van der Waals surface area contributed by atoms with Crippen LogP contribution in [0.2, 0.25) is 0 Å². The van der Waals surface area contributed by atoms with Crippen molar-refractivity contribution in [3.63, 3.8) is 0 Å². The minimum absolute atomic E-state index is 0.125. The second kappa shape index (κ2) is 5.40. The van der Waals surface area contributed by atoms with E-state index in [4.69, 9.17) is 4.98 Å². The second-order valence-corrected chi connectivity index (χ2v) is 5.79. The maximum atomic E-state index is 11.4. The van der Waals surface area contributed by atoms with E-state index in [1.807, 2.05) is 10.7 Å². The van der Waals surface area contributed by atoms with Gasteiger partial charge in [0.1, 0.15) is 0 Å². The lowest BCUT2D eigenvalue weighted by Gasteiger charge is -2.10. The number of hydrogen-bond donors (Lipinski definition) is 1. The van der Waals surface area contributed by atoms with Crippen molar-refractivity contribution in [2.75, 3.05) is 5.32 Å². The molecule has 114 valence electrons. The third kappa shape index (κ3) is 2.43. The van der Waals surface area contributed by atoms with E-state index >= 15 is 0 Å². The third-order valence-electron chi connectivity index (χ3n) is 3.93. The molecule has 0 fully saturated rings.